The number of nitrogens with zero attached hydrogens (tertiary/aromatic N) is 6. The summed E-state index contributed by atoms with van der Waals surface area (Å²) in [5.41, 5.74) is 3.53. The zero-order chi connectivity index (χ0) is 23.2. The first-order valence-electron chi connectivity index (χ1n) is 10.7. The van der Waals surface area contributed by atoms with Crippen LogP contribution in [0.3, 0.4) is 0 Å². The molecule has 10 heteroatoms. The Morgan fingerprint density at radius 1 is 1.09 bits per heavy atom. The summed E-state index contributed by atoms with van der Waals surface area (Å²) in [5, 5.41) is 16.4. The summed E-state index contributed by atoms with van der Waals surface area (Å²) < 4.78 is 23.3. The number of ether oxygens (including phenoxy) is 1. The fourth-order valence-corrected chi connectivity index (χ4v) is 4.42. The van der Waals surface area contributed by atoms with Gasteiger partial charge in [-0.1, -0.05) is 17.7 Å². The van der Waals surface area contributed by atoms with Crippen LogP contribution in [0.1, 0.15) is 17.3 Å². The van der Waals surface area contributed by atoms with Crippen molar-refractivity contribution in [3.63, 3.8) is 0 Å². The van der Waals surface area contributed by atoms with Crippen molar-refractivity contribution >= 4 is 28.9 Å². The van der Waals surface area contributed by atoms with Crippen LogP contribution in [0.25, 0.3) is 16.8 Å². The van der Waals surface area contributed by atoms with E-state index in [1.54, 1.807) is 29.2 Å². The van der Waals surface area contributed by atoms with Gasteiger partial charge >= 0.3 is 0 Å². The van der Waals surface area contributed by atoms with E-state index in [-0.39, 0.29) is 10.9 Å². The molecule has 8 nitrogen and oxygen atoms in total. The number of hydrogen-bond acceptors (Lipinski definition) is 6. The second-order valence-electron chi connectivity index (χ2n) is 8.19. The Labute approximate surface area is 199 Å². The van der Waals surface area contributed by atoms with Crippen molar-refractivity contribution in [2.45, 2.75) is 12.3 Å². The maximum Gasteiger partial charge on any atom is 0.201 e. The molecule has 34 heavy (non-hydrogen) atoms. The molecule has 0 spiro atoms. The molecule has 6 rings (SSSR count). The summed E-state index contributed by atoms with van der Waals surface area (Å²) in [6.45, 7) is 0.440. The molecule has 170 valence electrons. The lowest BCUT2D eigenvalue weighted by Crippen LogP contribution is -2.22. The van der Waals surface area contributed by atoms with Gasteiger partial charge in [-0.3, -0.25) is 4.68 Å². The van der Waals surface area contributed by atoms with Gasteiger partial charge in [-0.2, -0.15) is 5.10 Å². The van der Waals surface area contributed by atoms with Crippen molar-refractivity contribution in [2.24, 2.45) is 7.05 Å². The SMILES string of the molecule is Cn1nccc1Nc1cc(-c2cc3n4c(nnc4c2)C(Cc2ccc(F)c(Cl)c2)CO3)ccn1. The van der Waals surface area contributed by atoms with Crippen molar-refractivity contribution in [1.82, 2.24) is 29.4 Å². The molecule has 0 bridgehead atoms. The lowest BCUT2D eigenvalue weighted by atomic mass is 9.98. The molecule has 4 aromatic heterocycles. The number of aryl methyl sites for hydroxylation is 1. The molecule has 0 fully saturated rings. The third-order valence-electron chi connectivity index (χ3n) is 5.93. The number of aromatic nitrogens is 6. The highest BCUT2D eigenvalue weighted by Gasteiger charge is 2.27. The summed E-state index contributed by atoms with van der Waals surface area (Å²) in [6, 6.07) is 14.5. The minimum absolute atomic E-state index is 0.0227. The van der Waals surface area contributed by atoms with Crippen molar-refractivity contribution in [3.05, 3.63) is 83.2 Å². The minimum Gasteiger partial charge on any atom is -0.478 e. The first kappa shape index (κ1) is 20.6. The zero-order valence-corrected chi connectivity index (χ0v) is 18.9. The van der Waals surface area contributed by atoms with Crippen molar-refractivity contribution in [3.8, 4) is 17.0 Å². The van der Waals surface area contributed by atoms with Crippen molar-refractivity contribution in [1.29, 1.82) is 0 Å². The third kappa shape index (κ3) is 3.63. The number of halogens is 2. The van der Waals surface area contributed by atoms with E-state index in [1.807, 2.05) is 41.8 Å². The Bertz CT molecular complexity index is 1530. The van der Waals surface area contributed by atoms with Crippen LogP contribution in [0.5, 0.6) is 5.88 Å². The summed E-state index contributed by atoms with van der Waals surface area (Å²) in [5.74, 6) is 2.59. The largest absolute Gasteiger partial charge is 0.478 e. The van der Waals surface area contributed by atoms with Crippen LogP contribution in [-0.2, 0) is 13.5 Å². The molecular weight excluding hydrogens is 457 g/mol. The molecule has 1 N–H and O–H groups in total. The fraction of sp³-hybridized carbons (Fsp3) is 0.167. The molecule has 0 saturated heterocycles. The highest BCUT2D eigenvalue weighted by atomic mass is 35.5. The minimum atomic E-state index is -0.428. The molecule has 0 aliphatic carbocycles. The Morgan fingerprint density at radius 3 is 2.82 bits per heavy atom. The average molecular weight is 476 g/mol. The molecule has 1 aliphatic heterocycles. The fourth-order valence-electron chi connectivity index (χ4n) is 4.21. The maximum atomic E-state index is 13.5. The van der Waals surface area contributed by atoms with E-state index in [0.29, 0.717) is 30.4 Å². The lowest BCUT2D eigenvalue weighted by Gasteiger charge is -2.23. The number of pyridine rings is 2. The van der Waals surface area contributed by atoms with E-state index < -0.39 is 5.82 Å². The lowest BCUT2D eigenvalue weighted by molar-refractivity contribution is 0.245. The molecule has 5 heterocycles. The highest BCUT2D eigenvalue weighted by Crippen LogP contribution is 2.34. The van der Waals surface area contributed by atoms with E-state index in [9.17, 15) is 4.39 Å². The molecule has 0 amide bonds. The van der Waals surface area contributed by atoms with E-state index in [4.69, 9.17) is 16.3 Å². The monoisotopic (exact) mass is 475 g/mol. The topological polar surface area (TPSA) is 82.2 Å². The van der Waals surface area contributed by atoms with E-state index in [2.05, 4.69) is 25.6 Å². The maximum absolute atomic E-state index is 13.5. The van der Waals surface area contributed by atoms with Gasteiger partial charge in [-0.05, 0) is 53.4 Å². The summed E-state index contributed by atoms with van der Waals surface area (Å²) in [7, 11) is 1.86. The Kier molecular flexibility index (Phi) is 4.91. The van der Waals surface area contributed by atoms with Crippen LogP contribution in [-0.4, -0.2) is 36.0 Å². The average Bonchev–Trinajstić information content (AvgIpc) is 3.45. The number of benzene rings is 1. The number of rotatable bonds is 5. The van der Waals surface area contributed by atoms with Gasteiger partial charge in [0.15, 0.2) is 5.65 Å². The molecule has 0 radical (unpaired) electrons. The predicted octanol–water partition coefficient (Wildman–Crippen LogP) is 4.78. The molecule has 1 atom stereocenters. The number of hydrogen-bond donors (Lipinski definition) is 1. The standard InChI is InChI=1S/C24H19ClFN7O/c1-32-21(5-7-28-32)29-20-10-15(4-6-27-20)16-11-22-30-31-24-17(13-34-23(12-16)33(22)24)8-14-2-3-19(26)18(25)9-14/h2-7,9-12,17H,8,13H2,1H3,(H,27,29). The Morgan fingerprint density at radius 2 is 2.00 bits per heavy atom. The molecule has 1 aliphatic rings. The van der Waals surface area contributed by atoms with Crippen LogP contribution in [0.15, 0.2) is 60.9 Å². The molecular formula is C24H19ClFN7O. The van der Waals surface area contributed by atoms with Gasteiger partial charge in [0.25, 0.3) is 0 Å². The summed E-state index contributed by atoms with van der Waals surface area (Å²) >= 11 is 5.95. The molecule has 1 unspecified atom stereocenters. The van der Waals surface area contributed by atoms with Gasteiger partial charge in [-0.15, -0.1) is 10.2 Å². The Balaban J connectivity index is 1.31. The van der Waals surface area contributed by atoms with Crippen LogP contribution in [0.4, 0.5) is 16.0 Å². The second kappa shape index (κ2) is 8.11. The quantitative estimate of drug-likeness (QED) is 0.394. The summed E-state index contributed by atoms with van der Waals surface area (Å²) in [4.78, 5) is 4.41. The van der Waals surface area contributed by atoms with Crippen LogP contribution < -0.4 is 10.1 Å². The first-order valence-corrected chi connectivity index (χ1v) is 11.1. The van der Waals surface area contributed by atoms with Gasteiger partial charge in [0.1, 0.15) is 29.9 Å². The normalized spacial score (nSPS) is 14.9. The predicted molar refractivity (Wildman–Crippen MR) is 126 cm³/mol. The Hall–Kier alpha value is -3.98. The smallest absolute Gasteiger partial charge is 0.201 e. The van der Waals surface area contributed by atoms with E-state index >= 15 is 0 Å². The zero-order valence-electron chi connectivity index (χ0n) is 18.1. The van der Waals surface area contributed by atoms with E-state index in [1.165, 1.54) is 6.07 Å². The molecule has 5 aromatic rings. The van der Waals surface area contributed by atoms with Gasteiger partial charge < -0.3 is 10.1 Å². The second-order valence-corrected chi connectivity index (χ2v) is 8.60. The van der Waals surface area contributed by atoms with E-state index in [0.717, 1.165) is 28.3 Å². The van der Waals surface area contributed by atoms with Gasteiger partial charge in [-0.25, -0.2) is 13.8 Å². The van der Waals surface area contributed by atoms with Crippen molar-refractivity contribution < 1.29 is 9.13 Å². The summed E-state index contributed by atoms with van der Waals surface area (Å²) in [6.07, 6.45) is 4.10. The van der Waals surface area contributed by atoms with Crippen LogP contribution >= 0.6 is 11.6 Å². The first-order chi connectivity index (χ1) is 16.5. The van der Waals surface area contributed by atoms with Crippen molar-refractivity contribution in [2.75, 3.05) is 11.9 Å². The highest BCUT2D eigenvalue weighted by molar-refractivity contribution is 6.30. The van der Waals surface area contributed by atoms with Crippen LogP contribution in [0.2, 0.25) is 5.02 Å². The van der Waals surface area contributed by atoms with Gasteiger partial charge in [0.2, 0.25) is 5.88 Å². The molecule has 1 aromatic carbocycles. The number of nitrogens with one attached hydrogen (secondary N) is 1. The third-order valence-corrected chi connectivity index (χ3v) is 6.22. The van der Waals surface area contributed by atoms with Gasteiger partial charge in [0.05, 0.1) is 17.1 Å². The van der Waals surface area contributed by atoms with Gasteiger partial charge in [0, 0.05) is 25.4 Å². The van der Waals surface area contributed by atoms with Crippen LogP contribution in [0, 0.1) is 5.82 Å². The number of anilines is 2. The molecule has 0 saturated carbocycles.